The van der Waals surface area contributed by atoms with Gasteiger partial charge in [-0.2, -0.15) is 0 Å². The number of carbonyl (C=O) groups excluding carboxylic acids is 1. The molecule has 0 aromatic carbocycles. The second-order valence-electron chi connectivity index (χ2n) is 8.24. The van der Waals surface area contributed by atoms with E-state index in [0.717, 1.165) is 57.7 Å². The summed E-state index contributed by atoms with van der Waals surface area (Å²) >= 11 is 0. The van der Waals surface area contributed by atoms with Crippen molar-refractivity contribution in [1.29, 1.82) is 0 Å². The molecule has 5 nitrogen and oxygen atoms in total. The highest BCUT2D eigenvalue weighted by molar-refractivity contribution is 5.80. The van der Waals surface area contributed by atoms with Gasteiger partial charge >= 0.3 is 0 Å². The van der Waals surface area contributed by atoms with E-state index in [9.17, 15) is 4.79 Å². The Morgan fingerprint density at radius 1 is 1.31 bits per heavy atom. The first kappa shape index (κ1) is 17.7. The molecular weight excluding hydrogens is 326 g/mol. The summed E-state index contributed by atoms with van der Waals surface area (Å²) < 4.78 is 6.03. The highest BCUT2D eigenvalue weighted by Crippen LogP contribution is 2.44. The van der Waals surface area contributed by atoms with Crippen LogP contribution in [0.1, 0.15) is 25.0 Å². The monoisotopic (exact) mass is 355 g/mol. The molecule has 0 unspecified atom stereocenters. The number of carbonyl (C=O) groups is 1. The van der Waals surface area contributed by atoms with E-state index in [1.54, 1.807) is 0 Å². The van der Waals surface area contributed by atoms with E-state index in [-0.39, 0.29) is 11.3 Å². The van der Waals surface area contributed by atoms with Crippen molar-refractivity contribution in [1.82, 2.24) is 14.8 Å². The van der Waals surface area contributed by atoms with Gasteiger partial charge in [0.05, 0.1) is 18.9 Å². The highest BCUT2D eigenvalue weighted by atomic mass is 16.5. The average Bonchev–Trinajstić information content (AvgIpc) is 3.37. The third-order valence-electron chi connectivity index (χ3n) is 6.33. The normalized spacial score (nSPS) is 29.3. The summed E-state index contributed by atoms with van der Waals surface area (Å²) in [4.78, 5) is 21.7. The molecule has 2 atom stereocenters. The Balaban J connectivity index is 1.35. The summed E-state index contributed by atoms with van der Waals surface area (Å²) in [6.45, 7) is 5.22. The molecule has 5 heteroatoms. The molecule has 0 radical (unpaired) electrons. The maximum Gasteiger partial charge on any atom is 0.226 e. The Morgan fingerprint density at radius 2 is 2.15 bits per heavy atom. The van der Waals surface area contributed by atoms with Crippen LogP contribution in [0.2, 0.25) is 0 Å². The number of amides is 1. The van der Waals surface area contributed by atoms with Gasteiger partial charge in [-0.25, -0.2) is 0 Å². The molecule has 26 heavy (non-hydrogen) atoms. The van der Waals surface area contributed by atoms with Crippen LogP contribution < -0.4 is 0 Å². The lowest BCUT2D eigenvalue weighted by Crippen LogP contribution is -2.39. The summed E-state index contributed by atoms with van der Waals surface area (Å²) in [5.74, 6) is 1.02. The first-order valence-electron chi connectivity index (χ1n) is 9.76. The molecule has 4 rings (SSSR count). The van der Waals surface area contributed by atoms with E-state index < -0.39 is 0 Å². The molecule has 1 aliphatic carbocycles. The van der Waals surface area contributed by atoms with E-state index in [1.165, 1.54) is 0 Å². The Morgan fingerprint density at radius 3 is 2.92 bits per heavy atom. The Labute approximate surface area is 156 Å². The Kier molecular flexibility index (Phi) is 5.09. The smallest absolute Gasteiger partial charge is 0.226 e. The third-order valence-corrected chi connectivity index (χ3v) is 6.33. The summed E-state index contributed by atoms with van der Waals surface area (Å²) in [7, 11) is 2.19. The summed E-state index contributed by atoms with van der Waals surface area (Å²) in [5, 5.41) is 0. The van der Waals surface area contributed by atoms with E-state index in [2.05, 4.69) is 34.0 Å². The van der Waals surface area contributed by atoms with Crippen LogP contribution in [-0.2, 0) is 16.1 Å². The molecule has 2 fully saturated rings. The minimum atomic E-state index is 0.183. The van der Waals surface area contributed by atoms with Crippen LogP contribution >= 0.6 is 0 Å². The van der Waals surface area contributed by atoms with Gasteiger partial charge in [-0.3, -0.25) is 9.78 Å². The molecule has 0 saturated carbocycles. The number of aromatic nitrogens is 1. The van der Waals surface area contributed by atoms with Gasteiger partial charge < -0.3 is 14.5 Å². The SMILES string of the molecule is CN1C[C@@H](COCc2ccccn2)[C@@]2(CCN(C(=O)C3CC=CC3)C2)C1. The van der Waals surface area contributed by atoms with Crippen molar-refractivity contribution in [2.45, 2.75) is 25.9 Å². The van der Waals surface area contributed by atoms with Crippen LogP contribution in [0.25, 0.3) is 0 Å². The van der Waals surface area contributed by atoms with Gasteiger partial charge in [0.15, 0.2) is 0 Å². The summed E-state index contributed by atoms with van der Waals surface area (Å²) in [6.07, 6.45) is 9.03. The second-order valence-corrected chi connectivity index (χ2v) is 8.24. The van der Waals surface area contributed by atoms with E-state index >= 15 is 0 Å². The number of allylic oxidation sites excluding steroid dienone is 2. The fraction of sp³-hybridized carbons (Fsp3) is 0.619. The number of nitrogens with zero attached hydrogens (tertiary/aromatic N) is 3. The molecule has 2 aliphatic heterocycles. The average molecular weight is 355 g/mol. The minimum Gasteiger partial charge on any atom is -0.375 e. The van der Waals surface area contributed by atoms with Crippen molar-refractivity contribution in [2.75, 3.05) is 39.8 Å². The van der Waals surface area contributed by atoms with E-state index in [1.807, 2.05) is 24.4 Å². The molecule has 1 spiro atoms. The second kappa shape index (κ2) is 7.49. The van der Waals surface area contributed by atoms with Gasteiger partial charge in [0, 0.05) is 49.6 Å². The van der Waals surface area contributed by atoms with Crippen molar-refractivity contribution in [3.8, 4) is 0 Å². The van der Waals surface area contributed by atoms with E-state index in [4.69, 9.17) is 4.74 Å². The van der Waals surface area contributed by atoms with Gasteiger partial charge in [-0.15, -0.1) is 0 Å². The van der Waals surface area contributed by atoms with Crippen molar-refractivity contribution in [3.63, 3.8) is 0 Å². The number of likely N-dealkylation sites (tertiary alicyclic amines) is 2. The first-order chi connectivity index (χ1) is 12.7. The quantitative estimate of drug-likeness (QED) is 0.761. The lowest BCUT2D eigenvalue weighted by molar-refractivity contribution is -0.134. The number of ether oxygens (including phenoxy) is 1. The topological polar surface area (TPSA) is 45.7 Å². The predicted molar refractivity (Wildman–Crippen MR) is 100 cm³/mol. The van der Waals surface area contributed by atoms with Crippen molar-refractivity contribution in [2.24, 2.45) is 17.3 Å². The first-order valence-corrected chi connectivity index (χ1v) is 9.76. The van der Waals surface area contributed by atoms with Crippen LogP contribution in [0.15, 0.2) is 36.5 Å². The maximum atomic E-state index is 12.8. The summed E-state index contributed by atoms with van der Waals surface area (Å²) in [5.41, 5.74) is 1.17. The lowest BCUT2D eigenvalue weighted by atomic mass is 9.77. The lowest BCUT2D eigenvalue weighted by Gasteiger charge is -2.31. The molecule has 140 valence electrons. The predicted octanol–water partition coefficient (Wildman–Crippen LogP) is 2.34. The van der Waals surface area contributed by atoms with Crippen LogP contribution in [0.4, 0.5) is 0 Å². The third kappa shape index (κ3) is 3.55. The zero-order valence-electron chi connectivity index (χ0n) is 15.6. The number of rotatable bonds is 5. The van der Waals surface area contributed by atoms with Crippen molar-refractivity contribution < 1.29 is 9.53 Å². The largest absolute Gasteiger partial charge is 0.375 e. The van der Waals surface area contributed by atoms with Crippen molar-refractivity contribution >= 4 is 5.91 Å². The molecule has 3 aliphatic rings. The van der Waals surface area contributed by atoms with E-state index in [0.29, 0.717) is 18.4 Å². The Hall–Kier alpha value is -1.72. The molecule has 1 amide bonds. The molecule has 1 aromatic rings. The van der Waals surface area contributed by atoms with Crippen LogP contribution in [0.3, 0.4) is 0 Å². The fourth-order valence-electron chi connectivity index (χ4n) is 4.94. The van der Waals surface area contributed by atoms with Crippen LogP contribution in [-0.4, -0.2) is 60.5 Å². The standard InChI is InChI=1S/C21H29N3O2/c1-23-12-18(13-26-14-19-8-4-5-10-22-19)21(15-23)9-11-24(16-21)20(25)17-6-2-3-7-17/h2-5,8,10,17-18H,6-7,9,11-16H2,1H3/t18-,21-/m0/s1. The Bertz CT molecular complexity index is 654. The molecular formula is C21H29N3O2. The van der Waals surface area contributed by atoms with Gasteiger partial charge in [-0.1, -0.05) is 18.2 Å². The van der Waals surface area contributed by atoms with Crippen LogP contribution in [0, 0.1) is 17.3 Å². The molecule has 0 bridgehead atoms. The van der Waals surface area contributed by atoms with Gasteiger partial charge in [0.2, 0.25) is 5.91 Å². The highest BCUT2D eigenvalue weighted by Gasteiger charge is 2.50. The van der Waals surface area contributed by atoms with Gasteiger partial charge in [0.25, 0.3) is 0 Å². The molecule has 3 heterocycles. The number of hydrogen-bond donors (Lipinski definition) is 0. The maximum absolute atomic E-state index is 12.8. The number of hydrogen-bond acceptors (Lipinski definition) is 4. The number of pyridine rings is 1. The van der Waals surface area contributed by atoms with Gasteiger partial charge in [0.1, 0.15) is 0 Å². The molecule has 2 saturated heterocycles. The van der Waals surface area contributed by atoms with Gasteiger partial charge in [-0.05, 0) is 38.4 Å². The zero-order chi connectivity index (χ0) is 18.0. The molecule has 0 N–H and O–H groups in total. The minimum absolute atomic E-state index is 0.183. The van der Waals surface area contributed by atoms with Crippen molar-refractivity contribution in [3.05, 3.63) is 42.2 Å². The zero-order valence-corrected chi connectivity index (χ0v) is 15.6. The molecule has 1 aromatic heterocycles. The fourth-order valence-corrected chi connectivity index (χ4v) is 4.94. The summed E-state index contributed by atoms with van der Waals surface area (Å²) in [6, 6.07) is 5.92. The van der Waals surface area contributed by atoms with Crippen LogP contribution in [0.5, 0.6) is 0 Å².